The third-order valence-corrected chi connectivity index (χ3v) is 3.43. The number of esters is 1. The van der Waals surface area contributed by atoms with E-state index in [9.17, 15) is 14.4 Å². The van der Waals surface area contributed by atoms with E-state index in [1.54, 1.807) is 19.1 Å². The zero-order valence-electron chi connectivity index (χ0n) is 14.0. The fourth-order valence-electron chi connectivity index (χ4n) is 2.15. The van der Waals surface area contributed by atoms with E-state index in [-0.39, 0.29) is 19.4 Å². The lowest BCUT2D eigenvalue weighted by atomic mass is 10.0. The van der Waals surface area contributed by atoms with Gasteiger partial charge >= 0.3 is 5.97 Å². The Labute approximate surface area is 146 Å². The van der Waals surface area contributed by atoms with Gasteiger partial charge in [-0.15, -0.1) is 0 Å². The number of benzene rings is 2. The molecule has 0 spiro atoms. The smallest absolute Gasteiger partial charge is 0.306 e. The molecule has 0 saturated carbocycles. The molecule has 0 saturated heterocycles. The number of carbonyl (C=O) groups excluding carboxylic acids is 3. The molecule has 0 aliphatic carbocycles. The van der Waals surface area contributed by atoms with E-state index in [0.717, 1.165) is 11.1 Å². The van der Waals surface area contributed by atoms with Crippen molar-refractivity contribution in [2.75, 3.05) is 6.61 Å². The van der Waals surface area contributed by atoms with Crippen molar-refractivity contribution in [2.24, 2.45) is 0 Å². The molecule has 0 aliphatic heterocycles. The zero-order chi connectivity index (χ0) is 18.1. The maximum atomic E-state index is 12.0. The second-order valence-corrected chi connectivity index (χ2v) is 5.25. The lowest BCUT2D eigenvalue weighted by molar-refractivity contribution is -0.144. The van der Waals surface area contributed by atoms with Crippen molar-refractivity contribution in [1.82, 2.24) is 10.9 Å². The van der Waals surface area contributed by atoms with Gasteiger partial charge in [0.2, 0.25) is 5.91 Å². The number of nitrogens with one attached hydrogen (secondary N) is 2. The van der Waals surface area contributed by atoms with Crippen LogP contribution in [0.1, 0.15) is 30.1 Å². The van der Waals surface area contributed by atoms with Crippen molar-refractivity contribution in [3.8, 4) is 11.1 Å². The second kappa shape index (κ2) is 9.22. The number of amides is 2. The predicted molar refractivity (Wildman–Crippen MR) is 93.4 cm³/mol. The molecule has 25 heavy (non-hydrogen) atoms. The van der Waals surface area contributed by atoms with Gasteiger partial charge in [0.05, 0.1) is 13.0 Å². The first-order valence-electron chi connectivity index (χ1n) is 8.00. The highest BCUT2D eigenvalue weighted by molar-refractivity contribution is 5.96. The fraction of sp³-hybridized carbons (Fsp3) is 0.211. The lowest BCUT2D eigenvalue weighted by Gasteiger charge is -2.08. The number of ether oxygens (including phenoxy) is 1. The van der Waals surface area contributed by atoms with Gasteiger partial charge in [-0.05, 0) is 30.2 Å². The monoisotopic (exact) mass is 340 g/mol. The summed E-state index contributed by atoms with van der Waals surface area (Å²) in [5, 5.41) is 0. The fourth-order valence-corrected chi connectivity index (χ4v) is 2.15. The summed E-state index contributed by atoms with van der Waals surface area (Å²) in [6, 6.07) is 16.8. The van der Waals surface area contributed by atoms with E-state index in [1.165, 1.54) is 0 Å². The van der Waals surface area contributed by atoms with Crippen LogP contribution in [-0.2, 0) is 14.3 Å². The van der Waals surface area contributed by atoms with Crippen molar-refractivity contribution >= 4 is 17.8 Å². The Morgan fingerprint density at radius 3 is 2.12 bits per heavy atom. The Morgan fingerprint density at radius 1 is 0.840 bits per heavy atom. The molecule has 6 nitrogen and oxygen atoms in total. The van der Waals surface area contributed by atoms with Gasteiger partial charge in [0.1, 0.15) is 0 Å². The topological polar surface area (TPSA) is 84.5 Å². The maximum absolute atomic E-state index is 12.0. The Kier molecular flexibility index (Phi) is 6.71. The molecule has 2 rings (SSSR count). The summed E-state index contributed by atoms with van der Waals surface area (Å²) < 4.78 is 4.73. The van der Waals surface area contributed by atoms with Crippen LogP contribution < -0.4 is 10.9 Å². The molecule has 0 aliphatic rings. The largest absolute Gasteiger partial charge is 0.466 e. The lowest BCUT2D eigenvalue weighted by Crippen LogP contribution is -2.41. The van der Waals surface area contributed by atoms with Crippen molar-refractivity contribution < 1.29 is 19.1 Å². The summed E-state index contributed by atoms with van der Waals surface area (Å²) in [6.45, 7) is 1.97. The molecule has 0 bridgehead atoms. The number of hydrogen-bond donors (Lipinski definition) is 2. The molecule has 0 radical (unpaired) electrons. The van der Waals surface area contributed by atoms with Crippen LogP contribution in [0.25, 0.3) is 11.1 Å². The SMILES string of the molecule is CCOC(=O)CCC(=O)NNC(=O)c1ccc(-c2ccccc2)cc1. The van der Waals surface area contributed by atoms with Crippen LogP contribution in [0.3, 0.4) is 0 Å². The van der Waals surface area contributed by atoms with Gasteiger partial charge < -0.3 is 4.74 Å². The molecule has 0 fully saturated rings. The zero-order valence-corrected chi connectivity index (χ0v) is 14.0. The summed E-state index contributed by atoms with van der Waals surface area (Å²) in [5.74, 6) is -1.33. The molecule has 130 valence electrons. The van der Waals surface area contributed by atoms with E-state index in [0.29, 0.717) is 5.56 Å². The Morgan fingerprint density at radius 2 is 1.48 bits per heavy atom. The van der Waals surface area contributed by atoms with Gasteiger partial charge in [0.15, 0.2) is 0 Å². The van der Waals surface area contributed by atoms with Gasteiger partial charge in [-0.1, -0.05) is 42.5 Å². The summed E-state index contributed by atoms with van der Waals surface area (Å²) in [7, 11) is 0. The minimum absolute atomic E-state index is 0.0265. The van der Waals surface area contributed by atoms with Crippen LogP contribution >= 0.6 is 0 Å². The van der Waals surface area contributed by atoms with Crippen LogP contribution in [-0.4, -0.2) is 24.4 Å². The standard InChI is InChI=1S/C19H20N2O4/c1-2-25-18(23)13-12-17(22)20-21-19(24)16-10-8-15(9-11-16)14-6-4-3-5-7-14/h3-11H,2,12-13H2,1H3,(H,20,22)(H,21,24). The first-order valence-corrected chi connectivity index (χ1v) is 8.00. The van der Waals surface area contributed by atoms with Crippen molar-refractivity contribution in [3.63, 3.8) is 0 Å². The third-order valence-electron chi connectivity index (χ3n) is 3.43. The minimum atomic E-state index is -0.456. The molecule has 0 heterocycles. The quantitative estimate of drug-likeness (QED) is 0.625. The van der Waals surface area contributed by atoms with E-state index in [4.69, 9.17) is 4.74 Å². The normalized spacial score (nSPS) is 9.96. The van der Waals surface area contributed by atoms with E-state index >= 15 is 0 Å². The van der Waals surface area contributed by atoms with Crippen LogP contribution in [0, 0.1) is 0 Å². The molecular formula is C19H20N2O4. The number of rotatable bonds is 6. The molecule has 6 heteroatoms. The van der Waals surface area contributed by atoms with Crippen molar-refractivity contribution in [1.29, 1.82) is 0 Å². The molecule has 2 N–H and O–H groups in total. The summed E-state index contributed by atoms with van der Waals surface area (Å²) >= 11 is 0. The summed E-state index contributed by atoms with van der Waals surface area (Å²) in [6.07, 6.45) is -0.0760. The maximum Gasteiger partial charge on any atom is 0.306 e. The van der Waals surface area contributed by atoms with Gasteiger partial charge in [0, 0.05) is 12.0 Å². The first kappa shape index (κ1) is 18.2. The predicted octanol–water partition coefficient (Wildman–Crippen LogP) is 2.46. The number of hydrazine groups is 1. The van der Waals surface area contributed by atoms with Crippen molar-refractivity contribution in [3.05, 3.63) is 60.2 Å². The van der Waals surface area contributed by atoms with Gasteiger partial charge in [0.25, 0.3) is 5.91 Å². The van der Waals surface area contributed by atoms with E-state index in [1.807, 2.05) is 42.5 Å². The third kappa shape index (κ3) is 5.76. The molecular weight excluding hydrogens is 320 g/mol. The van der Waals surface area contributed by atoms with Gasteiger partial charge in [-0.3, -0.25) is 25.2 Å². The van der Waals surface area contributed by atoms with Crippen LogP contribution in [0.15, 0.2) is 54.6 Å². The number of carbonyl (C=O) groups is 3. The van der Waals surface area contributed by atoms with Crippen LogP contribution in [0.2, 0.25) is 0 Å². The van der Waals surface area contributed by atoms with Crippen LogP contribution in [0.5, 0.6) is 0 Å². The van der Waals surface area contributed by atoms with Crippen molar-refractivity contribution in [2.45, 2.75) is 19.8 Å². The average Bonchev–Trinajstić information content (AvgIpc) is 2.65. The molecule has 0 atom stereocenters. The molecule has 2 amide bonds. The highest BCUT2D eigenvalue weighted by atomic mass is 16.5. The minimum Gasteiger partial charge on any atom is -0.466 e. The molecule has 2 aromatic rings. The highest BCUT2D eigenvalue weighted by Gasteiger charge is 2.10. The second-order valence-electron chi connectivity index (χ2n) is 5.25. The highest BCUT2D eigenvalue weighted by Crippen LogP contribution is 2.19. The number of hydrogen-bond acceptors (Lipinski definition) is 4. The summed E-state index contributed by atoms with van der Waals surface area (Å²) in [5.41, 5.74) is 7.08. The van der Waals surface area contributed by atoms with E-state index in [2.05, 4.69) is 10.9 Å². The Balaban J connectivity index is 1.83. The Bertz CT molecular complexity index is 727. The first-order chi connectivity index (χ1) is 12.1. The Hall–Kier alpha value is -3.15. The van der Waals surface area contributed by atoms with E-state index < -0.39 is 17.8 Å². The molecule has 2 aromatic carbocycles. The van der Waals surface area contributed by atoms with Crippen LogP contribution in [0.4, 0.5) is 0 Å². The average molecular weight is 340 g/mol. The molecule has 0 unspecified atom stereocenters. The summed E-state index contributed by atoms with van der Waals surface area (Å²) in [4.78, 5) is 34.8. The van der Waals surface area contributed by atoms with Gasteiger partial charge in [-0.25, -0.2) is 0 Å². The molecule has 0 aromatic heterocycles. The van der Waals surface area contributed by atoms with Gasteiger partial charge in [-0.2, -0.15) is 0 Å².